The number of H-pyrrole nitrogens is 1. The standard InChI is InChI=1S/C14H9FN2O/c15-11-4-1-9(2-5-11)14(18)10-3-6-12-13(7-10)17-8-16-12/h1-8H,(H,16,17). The Labute approximate surface area is 102 Å². The SMILES string of the molecule is O=C(c1ccc(F)cc1)c1ccc2nc[nH]c2c1. The molecule has 1 aromatic heterocycles. The quantitative estimate of drug-likeness (QED) is 0.700. The van der Waals surface area contributed by atoms with Gasteiger partial charge in [0.05, 0.1) is 17.4 Å². The third kappa shape index (κ3) is 1.78. The molecule has 3 rings (SSSR count). The number of hydrogen-bond acceptors (Lipinski definition) is 2. The van der Waals surface area contributed by atoms with Crippen LogP contribution < -0.4 is 0 Å². The first kappa shape index (κ1) is 10.7. The fourth-order valence-electron chi connectivity index (χ4n) is 1.84. The maximum absolute atomic E-state index is 12.8. The van der Waals surface area contributed by atoms with Crippen molar-refractivity contribution in [2.45, 2.75) is 0 Å². The van der Waals surface area contributed by atoms with E-state index in [4.69, 9.17) is 0 Å². The molecule has 1 N–H and O–H groups in total. The van der Waals surface area contributed by atoms with Gasteiger partial charge in [0.15, 0.2) is 5.78 Å². The van der Waals surface area contributed by atoms with E-state index < -0.39 is 0 Å². The Kier molecular flexibility index (Phi) is 2.41. The second-order valence-electron chi connectivity index (χ2n) is 3.97. The lowest BCUT2D eigenvalue weighted by molar-refractivity contribution is 0.103. The van der Waals surface area contributed by atoms with Crippen LogP contribution in [0.3, 0.4) is 0 Å². The molecule has 0 aliphatic heterocycles. The minimum Gasteiger partial charge on any atom is -0.345 e. The molecular weight excluding hydrogens is 231 g/mol. The van der Waals surface area contributed by atoms with E-state index >= 15 is 0 Å². The van der Waals surface area contributed by atoms with E-state index in [1.807, 2.05) is 0 Å². The molecule has 0 saturated carbocycles. The summed E-state index contributed by atoms with van der Waals surface area (Å²) in [6.45, 7) is 0. The number of carbonyl (C=O) groups excluding carboxylic acids is 1. The Morgan fingerprint density at radius 3 is 2.56 bits per heavy atom. The third-order valence-corrected chi connectivity index (χ3v) is 2.79. The minimum absolute atomic E-state index is 0.133. The molecule has 0 atom stereocenters. The van der Waals surface area contributed by atoms with E-state index in [-0.39, 0.29) is 11.6 Å². The normalized spacial score (nSPS) is 10.7. The smallest absolute Gasteiger partial charge is 0.193 e. The average Bonchev–Trinajstić information content (AvgIpc) is 2.86. The summed E-state index contributed by atoms with van der Waals surface area (Å²) in [6.07, 6.45) is 1.58. The molecule has 0 aliphatic rings. The van der Waals surface area contributed by atoms with Gasteiger partial charge in [-0.25, -0.2) is 9.37 Å². The summed E-state index contributed by atoms with van der Waals surface area (Å²) in [7, 11) is 0. The monoisotopic (exact) mass is 240 g/mol. The highest BCUT2D eigenvalue weighted by molar-refractivity contribution is 6.10. The molecule has 3 nitrogen and oxygen atoms in total. The Morgan fingerprint density at radius 1 is 1.06 bits per heavy atom. The molecule has 18 heavy (non-hydrogen) atoms. The predicted molar refractivity (Wildman–Crippen MR) is 65.9 cm³/mol. The fraction of sp³-hybridized carbons (Fsp3) is 0. The molecule has 88 valence electrons. The van der Waals surface area contributed by atoms with Crippen molar-refractivity contribution in [1.29, 1.82) is 0 Å². The molecule has 0 amide bonds. The molecule has 4 heteroatoms. The molecule has 0 unspecified atom stereocenters. The number of carbonyl (C=O) groups is 1. The minimum atomic E-state index is -0.351. The number of nitrogens with zero attached hydrogens (tertiary/aromatic N) is 1. The van der Waals surface area contributed by atoms with Crippen LogP contribution in [0.2, 0.25) is 0 Å². The Morgan fingerprint density at radius 2 is 1.78 bits per heavy atom. The van der Waals surface area contributed by atoms with Gasteiger partial charge in [0.25, 0.3) is 0 Å². The van der Waals surface area contributed by atoms with E-state index in [0.717, 1.165) is 11.0 Å². The van der Waals surface area contributed by atoms with Crippen LogP contribution in [0.5, 0.6) is 0 Å². The van der Waals surface area contributed by atoms with Gasteiger partial charge in [-0.2, -0.15) is 0 Å². The number of nitrogens with one attached hydrogen (secondary N) is 1. The summed E-state index contributed by atoms with van der Waals surface area (Å²) in [5.74, 6) is -0.484. The summed E-state index contributed by atoms with van der Waals surface area (Å²) in [6, 6.07) is 10.8. The number of fused-ring (bicyclic) bond motifs is 1. The number of hydrogen-bond donors (Lipinski definition) is 1. The van der Waals surface area contributed by atoms with Crippen molar-refractivity contribution >= 4 is 16.8 Å². The topological polar surface area (TPSA) is 45.8 Å². The molecule has 0 saturated heterocycles. The lowest BCUT2D eigenvalue weighted by Gasteiger charge is -2.01. The number of aromatic nitrogens is 2. The summed E-state index contributed by atoms with van der Waals surface area (Å²) < 4.78 is 12.8. The van der Waals surface area contributed by atoms with E-state index in [1.54, 1.807) is 24.5 Å². The van der Waals surface area contributed by atoms with E-state index in [9.17, 15) is 9.18 Å². The van der Waals surface area contributed by atoms with Crippen molar-refractivity contribution < 1.29 is 9.18 Å². The number of benzene rings is 2. The molecule has 0 fully saturated rings. The van der Waals surface area contributed by atoms with E-state index in [0.29, 0.717) is 11.1 Å². The first-order valence-corrected chi connectivity index (χ1v) is 5.47. The van der Waals surface area contributed by atoms with Gasteiger partial charge in [0.2, 0.25) is 0 Å². The fourth-order valence-corrected chi connectivity index (χ4v) is 1.84. The zero-order valence-corrected chi connectivity index (χ0v) is 9.35. The van der Waals surface area contributed by atoms with Gasteiger partial charge < -0.3 is 4.98 Å². The number of imidazole rings is 1. The van der Waals surface area contributed by atoms with Gasteiger partial charge in [0.1, 0.15) is 5.82 Å². The first-order valence-electron chi connectivity index (χ1n) is 5.47. The Bertz CT molecular complexity index is 716. The summed E-state index contributed by atoms with van der Waals surface area (Å²) in [5, 5.41) is 0. The zero-order valence-electron chi connectivity index (χ0n) is 9.35. The van der Waals surface area contributed by atoms with Crippen LogP contribution in [0.1, 0.15) is 15.9 Å². The average molecular weight is 240 g/mol. The van der Waals surface area contributed by atoms with Crippen LogP contribution in [-0.2, 0) is 0 Å². The molecule has 0 bridgehead atoms. The highest BCUT2D eigenvalue weighted by Crippen LogP contribution is 2.15. The molecule has 0 aliphatic carbocycles. The van der Waals surface area contributed by atoms with Gasteiger partial charge in [-0.3, -0.25) is 4.79 Å². The third-order valence-electron chi connectivity index (χ3n) is 2.79. The van der Waals surface area contributed by atoms with Crippen molar-refractivity contribution in [3.05, 3.63) is 65.7 Å². The van der Waals surface area contributed by atoms with Crippen LogP contribution >= 0.6 is 0 Å². The summed E-state index contributed by atoms with van der Waals surface area (Å²) >= 11 is 0. The van der Waals surface area contributed by atoms with Crippen LogP contribution in [0, 0.1) is 5.82 Å². The van der Waals surface area contributed by atoms with Crippen molar-refractivity contribution in [3.63, 3.8) is 0 Å². The Balaban J connectivity index is 2.03. The van der Waals surface area contributed by atoms with Gasteiger partial charge in [0, 0.05) is 11.1 Å². The van der Waals surface area contributed by atoms with Crippen LogP contribution in [0.4, 0.5) is 4.39 Å². The molecule has 2 aromatic carbocycles. The second kappa shape index (κ2) is 4.07. The maximum Gasteiger partial charge on any atom is 0.193 e. The predicted octanol–water partition coefficient (Wildman–Crippen LogP) is 2.93. The van der Waals surface area contributed by atoms with Gasteiger partial charge >= 0.3 is 0 Å². The van der Waals surface area contributed by atoms with Crippen molar-refractivity contribution in [1.82, 2.24) is 9.97 Å². The molecule has 0 radical (unpaired) electrons. The summed E-state index contributed by atoms with van der Waals surface area (Å²) in [4.78, 5) is 19.2. The van der Waals surface area contributed by atoms with Crippen molar-refractivity contribution in [3.8, 4) is 0 Å². The number of aromatic amines is 1. The van der Waals surface area contributed by atoms with Crippen molar-refractivity contribution in [2.75, 3.05) is 0 Å². The highest BCUT2D eigenvalue weighted by atomic mass is 19.1. The molecule has 0 spiro atoms. The lowest BCUT2D eigenvalue weighted by atomic mass is 10.0. The van der Waals surface area contributed by atoms with Crippen LogP contribution in [0.25, 0.3) is 11.0 Å². The van der Waals surface area contributed by atoms with Crippen LogP contribution in [-0.4, -0.2) is 15.8 Å². The van der Waals surface area contributed by atoms with E-state index in [2.05, 4.69) is 9.97 Å². The largest absolute Gasteiger partial charge is 0.345 e. The number of rotatable bonds is 2. The number of ketones is 1. The molecule has 3 aromatic rings. The van der Waals surface area contributed by atoms with Crippen molar-refractivity contribution in [2.24, 2.45) is 0 Å². The van der Waals surface area contributed by atoms with Crippen LogP contribution in [0.15, 0.2) is 48.8 Å². The van der Waals surface area contributed by atoms with Gasteiger partial charge in [-0.1, -0.05) is 0 Å². The molecular formula is C14H9FN2O. The van der Waals surface area contributed by atoms with Gasteiger partial charge in [-0.15, -0.1) is 0 Å². The van der Waals surface area contributed by atoms with E-state index in [1.165, 1.54) is 24.3 Å². The summed E-state index contributed by atoms with van der Waals surface area (Å²) in [5.41, 5.74) is 2.64. The zero-order chi connectivity index (χ0) is 12.5. The van der Waals surface area contributed by atoms with Gasteiger partial charge in [-0.05, 0) is 42.5 Å². The first-order chi connectivity index (χ1) is 8.74. The second-order valence-corrected chi connectivity index (χ2v) is 3.97. The number of halogens is 1. The maximum atomic E-state index is 12.8. The highest BCUT2D eigenvalue weighted by Gasteiger charge is 2.10. The Hall–Kier alpha value is -2.49. The molecule has 1 heterocycles. The lowest BCUT2D eigenvalue weighted by Crippen LogP contribution is -2.01.